The molecule has 1 aliphatic rings. The number of halogens is 2. The SMILES string of the molecule is CCOC(=O)C(F)(F)C(O)[C@@H](NC(=O)CN(C(=O)[C@@H](N)C(C)C)C1Cc2ccccc2C1)C(C)C. The van der Waals surface area contributed by atoms with E-state index >= 15 is 0 Å². The van der Waals surface area contributed by atoms with Crippen LogP contribution in [0.4, 0.5) is 8.78 Å². The Hall–Kier alpha value is -2.59. The van der Waals surface area contributed by atoms with E-state index in [4.69, 9.17) is 5.73 Å². The van der Waals surface area contributed by atoms with Crippen molar-refractivity contribution in [2.75, 3.05) is 13.2 Å². The van der Waals surface area contributed by atoms with Crippen LogP contribution in [-0.4, -0.2) is 71.1 Å². The van der Waals surface area contributed by atoms with E-state index in [0.717, 1.165) is 11.1 Å². The Morgan fingerprint density at radius 2 is 1.69 bits per heavy atom. The number of amides is 2. The van der Waals surface area contributed by atoms with Gasteiger partial charge in [0.2, 0.25) is 11.8 Å². The van der Waals surface area contributed by atoms with Crippen molar-refractivity contribution in [1.82, 2.24) is 10.2 Å². The molecule has 3 atom stereocenters. The fourth-order valence-corrected chi connectivity index (χ4v) is 4.19. The van der Waals surface area contributed by atoms with Crippen LogP contribution in [0, 0.1) is 11.8 Å². The number of nitrogens with two attached hydrogens (primary N) is 1. The fourth-order valence-electron chi connectivity index (χ4n) is 4.19. The first-order valence-corrected chi connectivity index (χ1v) is 12.0. The number of ether oxygens (including phenoxy) is 1. The van der Waals surface area contributed by atoms with E-state index < -0.39 is 54.4 Å². The summed E-state index contributed by atoms with van der Waals surface area (Å²) >= 11 is 0. The van der Waals surface area contributed by atoms with Crippen molar-refractivity contribution in [3.63, 3.8) is 0 Å². The van der Waals surface area contributed by atoms with Crippen LogP contribution < -0.4 is 11.1 Å². The first kappa shape index (κ1) is 28.6. The normalized spacial score (nSPS) is 16.5. The molecule has 0 saturated carbocycles. The Labute approximate surface area is 205 Å². The van der Waals surface area contributed by atoms with E-state index in [-0.39, 0.29) is 18.6 Å². The molecule has 10 heteroatoms. The van der Waals surface area contributed by atoms with Crippen LogP contribution >= 0.6 is 0 Å². The summed E-state index contributed by atoms with van der Waals surface area (Å²) in [5.74, 6) is -8.05. The van der Waals surface area contributed by atoms with Crippen LogP contribution in [0.5, 0.6) is 0 Å². The van der Waals surface area contributed by atoms with Gasteiger partial charge < -0.3 is 25.8 Å². The second-order valence-electron chi connectivity index (χ2n) is 9.69. The minimum atomic E-state index is -4.22. The van der Waals surface area contributed by atoms with Gasteiger partial charge in [0.05, 0.1) is 25.2 Å². The molecular formula is C25H37F2N3O5. The number of aliphatic hydroxyl groups is 1. The van der Waals surface area contributed by atoms with Gasteiger partial charge in [0.15, 0.2) is 0 Å². The Morgan fingerprint density at radius 1 is 1.14 bits per heavy atom. The molecule has 0 aliphatic heterocycles. The highest BCUT2D eigenvalue weighted by Crippen LogP contribution is 2.28. The summed E-state index contributed by atoms with van der Waals surface area (Å²) in [4.78, 5) is 39.3. The van der Waals surface area contributed by atoms with E-state index in [1.165, 1.54) is 25.7 Å². The lowest BCUT2D eigenvalue weighted by atomic mass is 9.94. The molecule has 0 radical (unpaired) electrons. The summed E-state index contributed by atoms with van der Waals surface area (Å²) in [5, 5.41) is 12.7. The van der Waals surface area contributed by atoms with Gasteiger partial charge in [-0.15, -0.1) is 0 Å². The molecule has 8 nitrogen and oxygen atoms in total. The van der Waals surface area contributed by atoms with Gasteiger partial charge in [0, 0.05) is 6.04 Å². The number of fused-ring (bicyclic) bond motifs is 1. The maximum atomic E-state index is 14.5. The molecular weight excluding hydrogens is 460 g/mol. The summed E-state index contributed by atoms with van der Waals surface area (Å²) in [6.45, 7) is 7.33. The number of rotatable bonds is 11. The lowest BCUT2D eigenvalue weighted by molar-refractivity contribution is -0.192. The number of carbonyl (C=O) groups excluding carboxylic acids is 3. The molecule has 35 heavy (non-hydrogen) atoms. The molecule has 0 bridgehead atoms. The first-order valence-electron chi connectivity index (χ1n) is 12.0. The van der Waals surface area contributed by atoms with Gasteiger partial charge >= 0.3 is 11.9 Å². The smallest absolute Gasteiger partial charge is 0.379 e. The topological polar surface area (TPSA) is 122 Å². The molecule has 0 fully saturated rings. The van der Waals surface area contributed by atoms with Gasteiger partial charge in [0.25, 0.3) is 0 Å². The zero-order valence-corrected chi connectivity index (χ0v) is 21.0. The minimum Gasteiger partial charge on any atom is -0.461 e. The van der Waals surface area contributed by atoms with Gasteiger partial charge in [-0.2, -0.15) is 8.78 Å². The standard InChI is InChI=1S/C25H37F2N3O5/c1-6-35-24(34)25(26,27)22(32)21(15(4)5)29-19(31)13-30(23(33)20(28)14(2)3)18-11-16-9-7-8-10-17(16)12-18/h7-10,14-15,18,20-22,32H,6,11-13,28H2,1-5H3,(H,29,31)/t20-,21-,22?/m0/s1. The Bertz CT molecular complexity index is 884. The molecule has 1 aliphatic carbocycles. The van der Waals surface area contributed by atoms with Crippen molar-refractivity contribution in [3.05, 3.63) is 35.4 Å². The number of hydrogen-bond acceptors (Lipinski definition) is 6. The third-order valence-corrected chi connectivity index (χ3v) is 6.38. The van der Waals surface area contributed by atoms with E-state index in [9.17, 15) is 28.3 Å². The quantitative estimate of drug-likeness (QED) is 0.400. The molecule has 2 rings (SSSR count). The summed E-state index contributed by atoms with van der Waals surface area (Å²) in [5.41, 5.74) is 8.25. The molecule has 4 N–H and O–H groups in total. The van der Waals surface area contributed by atoms with Crippen LogP contribution in [0.3, 0.4) is 0 Å². The molecule has 1 aromatic carbocycles. The first-order chi connectivity index (χ1) is 16.3. The summed E-state index contributed by atoms with van der Waals surface area (Å²) < 4.78 is 33.3. The molecule has 0 saturated heterocycles. The van der Waals surface area contributed by atoms with E-state index in [1.54, 1.807) is 13.8 Å². The van der Waals surface area contributed by atoms with Gasteiger partial charge in [-0.05, 0) is 42.7 Å². The highest BCUT2D eigenvalue weighted by Gasteiger charge is 2.52. The largest absolute Gasteiger partial charge is 0.461 e. The Morgan fingerprint density at radius 3 is 2.14 bits per heavy atom. The average Bonchev–Trinajstić information content (AvgIpc) is 3.23. The predicted octanol–water partition coefficient (Wildman–Crippen LogP) is 1.67. The van der Waals surface area contributed by atoms with Crippen molar-refractivity contribution in [3.8, 4) is 0 Å². The van der Waals surface area contributed by atoms with Crippen molar-refractivity contribution >= 4 is 17.8 Å². The number of carbonyl (C=O) groups is 3. The summed E-state index contributed by atoms with van der Waals surface area (Å²) in [6, 6.07) is 5.10. The zero-order chi connectivity index (χ0) is 26.5. The van der Waals surface area contributed by atoms with Crippen LogP contribution in [0.15, 0.2) is 24.3 Å². The van der Waals surface area contributed by atoms with E-state index in [2.05, 4.69) is 10.1 Å². The monoisotopic (exact) mass is 497 g/mol. The van der Waals surface area contributed by atoms with Crippen LogP contribution in [0.25, 0.3) is 0 Å². The van der Waals surface area contributed by atoms with Crippen molar-refractivity contribution in [2.45, 2.75) is 77.6 Å². The number of nitrogens with one attached hydrogen (secondary N) is 1. The highest BCUT2D eigenvalue weighted by atomic mass is 19.3. The van der Waals surface area contributed by atoms with Crippen LogP contribution in [-0.2, 0) is 32.0 Å². The molecule has 196 valence electrons. The van der Waals surface area contributed by atoms with Gasteiger partial charge in [-0.25, -0.2) is 4.79 Å². The average molecular weight is 498 g/mol. The number of hydrogen-bond donors (Lipinski definition) is 3. The molecule has 0 heterocycles. The molecule has 0 spiro atoms. The minimum absolute atomic E-state index is 0.176. The molecule has 2 amide bonds. The zero-order valence-electron chi connectivity index (χ0n) is 21.0. The summed E-state index contributed by atoms with van der Waals surface area (Å²) in [6.07, 6.45) is -1.43. The molecule has 0 aromatic heterocycles. The second kappa shape index (κ2) is 11.9. The van der Waals surface area contributed by atoms with Gasteiger partial charge in [-0.3, -0.25) is 9.59 Å². The van der Waals surface area contributed by atoms with Crippen molar-refractivity contribution < 1.29 is 33.0 Å². The lowest BCUT2D eigenvalue weighted by Gasteiger charge is -2.34. The number of benzene rings is 1. The Balaban J connectivity index is 2.23. The van der Waals surface area contributed by atoms with Crippen LogP contribution in [0.1, 0.15) is 45.7 Å². The maximum Gasteiger partial charge on any atom is 0.379 e. The van der Waals surface area contributed by atoms with Crippen LogP contribution in [0.2, 0.25) is 0 Å². The van der Waals surface area contributed by atoms with Crippen molar-refractivity contribution in [1.29, 1.82) is 0 Å². The third-order valence-electron chi connectivity index (χ3n) is 6.38. The fraction of sp³-hybridized carbons (Fsp3) is 0.640. The van der Waals surface area contributed by atoms with E-state index in [1.807, 2.05) is 24.3 Å². The third kappa shape index (κ3) is 6.76. The number of alkyl halides is 2. The predicted molar refractivity (Wildman–Crippen MR) is 127 cm³/mol. The highest BCUT2D eigenvalue weighted by molar-refractivity contribution is 5.88. The van der Waals surface area contributed by atoms with Gasteiger partial charge in [-0.1, -0.05) is 52.0 Å². The maximum absolute atomic E-state index is 14.5. The Kier molecular flexibility index (Phi) is 9.74. The molecule has 1 aromatic rings. The number of esters is 1. The number of nitrogens with zero attached hydrogens (tertiary/aromatic N) is 1. The summed E-state index contributed by atoms with van der Waals surface area (Å²) in [7, 11) is 0. The van der Waals surface area contributed by atoms with Gasteiger partial charge in [0.1, 0.15) is 6.10 Å². The van der Waals surface area contributed by atoms with E-state index in [0.29, 0.717) is 12.8 Å². The number of aliphatic hydroxyl groups excluding tert-OH is 1. The second-order valence-corrected chi connectivity index (χ2v) is 9.69. The lowest BCUT2D eigenvalue weighted by Crippen LogP contribution is -2.59. The molecule has 1 unspecified atom stereocenters. The van der Waals surface area contributed by atoms with Crippen molar-refractivity contribution in [2.24, 2.45) is 17.6 Å².